The summed E-state index contributed by atoms with van der Waals surface area (Å²) in [5, 5.41) is 0. The van der Waals surface area contributed by atoms with Gasteiger partial charge in [-0.25, -0.2) is 0 Å². The molecule has 4 heteroatoms. The average molecular weight is 329 g/mol. The number of hydrogen-bond donors (Lipinski definition) is 0. The molecule has 0 spiro atoms. The first kappa shape index (κ1) is 14.1. The van der Waals surface area contributed by atoms with Crippen molar-refractivity contribution in [3.05, 3.63) is 57.6 Å². The largest absolute Gasteiger partial charge is 0.319 e. The molecule has 0 amide bonds. The van der Waals surface area contributed by atoms with Gasteiger partial charge < -0.3 is 9.47 Å². The van der Waals surface area contributed by atoms with Crippen LogP contribution in [0.4, 0.5) is 0 Å². The normalized spacial score (nSPS) is 15.7. The molecule has 0 radical (unpaired) electrons. The Morgan fingerprint density at radius 1 is 1.23 bits per heavy atom. The molecule has 22 heavy (non-hydrogen) atoms. The first-order valence-corrected chi connectivity index (χ1v) is 8.64. The van der Waals surface area contributed by atoms with Crippen LogP contribution in [0.1, 0.15) is 16.8 Å². The van der Waals surface area contributed by atoms with Gasteiger partial charge in [0.15, 0.2) is 0 Å². The summed E-state index contributed by atoms with van der Waals surface area (Å²) in [4.78, 5) is 2.38. The standard InChI is InChI=1S/C18H17ClN2S/c1-20-9-8-15-14(12-20)18-16(11-17(19)22-18)21(15)10-7-13-5-3-2-4-6-13/h2-7,10-11H,8-9,12H2,1H3/b10-7+. The molecule has 2 nitrogen and oxygen atoms in total. The molecule has 1 aliphatic rings. The smallest absolute Gasteiger partial charge is 0.0956 e. The molecule has 0 saturated heterocycles. The molecule has 0 fully saturated rings. The zero-order valence-electron chi connectivity index (χ0n) is 12.4. The maximum Gasteiger partial charge on any atom is 0.0956 e. The van der Waals surface area contributed by atoms with Crippen LogP contribution in [0, 0.1) is 0 Å². The fourth-order valence-electron chi connectivity index (χ4n) is 3.14. The Bertz CT molecular complexity index is 845. The average Bonchev–Trinajstić information content (AvgIpc) is 3.02. The fraction of sp³-hybridized carbons (Fsp3) is 0.222. The first-order chi connectivity index (χ1) is 10.7. The predicted molar refractivity (Wildman–Crippen MR) is 96.5 cm³/mol. The van der Waals surface area contributed by atoms with Gasteiger partial charge >= 0.3 is 0 Å². The van der Waals surface area contributed by atoms with Crippen molar-refractivity contribution in [2.45, 2.75) is 13.0 Å². The summed E-state index contributed by atoms with van der Waals surface area (Å²) in [6.45, 7) is 2.12. The lowest BCUT2D eigenvalue weighted by Gasteiger charge is -2.23. The molecule has 4 rings (SSSR count). The molecule has 3 aromatic rings. The third kappa shape index (κ3) is 2.39. The van der Waals surface area contributed by atoms with Gasteiger partial charge in [0.05, 0.1) is 14.6 Å². The van der Waals surface area contributed by atoms with Gasteiger partial charge in [-0.15, -0.1) is 11.3 Å². The summed E-state index contributed by atoms with van der Waals surface area (Å²) in [6, 6.07) is 12.5. The van der Waals surface area contributed by atoms with Gasteiger partial charge in [-0.3, -0.25) is 0 Å². The zero-order valence-corrected chi connectivity index (χ0v) is 14.0. The SMILES string of the molecule is CN1CCc2c(c3sc(Cl)cc3n2/C=C/c2ccccc2)C1. The van der Waals surface area contributed by atoms with Gasteiger partial charge in [0.25, 0.3) is 0 Å². The van der Waals surface area contributed by atoms with Gasteiger partial charge in [-0.1, -0.05) is 41.9 Å². The summed E-state index contributed by atoms with van der Waals surface area (Å²) < 4.78 is 4.53. The molecule has 0 saturated carbocycles. The number of rotatable bonds is 2. The van der Waals surface area contributed by atoms with Crippen LogP contribution in [0.25, 0.3) is 22.5 Å². The lowest BCUT2D eigenvalue weighted by Crippen LogP contribution is -2.26. The number of thiophene rings is 1. The van der Waals surface area contributed by atoms with Crippen molar-refractivity contribution in [2.75, 3.05) is 13.6 Å². The Morgan fingerprint density at radius 2 is 2.05 bits per heavy atom. The Kier molecular flexibility index (Phi) is 3.57. The van der Waals surface area contributed by atoms with E-state index in [1.54, 1.807) is 11.3 Å². The van der Waals surface area contributed by atoms with Crippen molar-refractivity contribution in [3.63, 3.8) is 0 Å². The summed E-state index contributed by atoms with van der Waals surface area (Å²) in [5.74, 6) is 0. The number of hydrogen-bond acceptors (Lipinski definition) is 2. The molecular weight excluding hydrogens is 312 g/mol. The number of fused-ring (bicyclic) bond motifs is 3. The van der Waals surface area contributed by atoms with Crippen LogP contribution in [0.5, 0.6) is 0 Å². The van der Waals surface area contributed by atoms with E-state index in [9.17, 15) is 0 Å². The highest BCUT2D eigenvalue weighted by Gasteiger charge is 2.23. The number of aromatic nitrogens is 1. The van der Waals surface area contributed by atoms with Crippen LogP contribution in [0.3, 0.4) is 0 Å². The van der Waals surface area contributed by atoms with Gasteiger partial charge in [0, 0.05) is 37.0 Å². The van der Waals surface area contributed by atoms with E-state index in [1.165, 1.54) is 27.0 Å². The highest BCUT2D eigenvalue weighted by atomic mass is 35.5. The quantitative estimate of drug-likeness (QED) is 0.644. The molecule has 0 aliphatic carbocycles. The number of likely N-dealkylation sites (N-methyl/N-ethyl adjacent to an activating group) is 1. The van der Waals surface area contributed by atoms with E-state index in [2.05, 4.69) is 59.1 Å². The van der Waals surface area contributed by atoms with Gasteiger partial charge in [0.2, 0.25) is 0 Å². The van der Waals surface area contributed by atoms with E-state index in [4.69, 9.17) is 11.6 Å². The first-order valence-electron chi connectivity index (χ1n) is 7.45. The number of nitrogens with zero attached hydrogens (tertiary/aromatic N) is 2. The maximum absolute atomic E-state index is 6.26. The maximum atomic E-state index is 6.26. The molecule has 0 unspecified atom stereocenters. The van der Waals surface area contributed by atoms with Gasteiger partial charge in [-0.05, 0) is 24.8 Å². The Hall–Kier alpha value is -1.55. The third-order valence-corrected chi connectivity index (χ3v) is 5.54. The van der Waals surface area contributed by atoms with Crippen molar-refractivity contribution in [1.82, 2.24) is 9.47 Å². The van der Waals surface area contributed by atoms with Crippen LogP contribution in [-0.2, 0) is 13.0 Å². The van der Waals surface area contributed by atoms with Gasteiger partial charge in [-0.2, -0.15) is 0 Å². The second kappa shape index (κ2) is 5.58. The fourth-order valence-corrected chi connectivity index (χ4v) is 4.41. The van der Waals surface area contributed by atoms with E-state index < -0.39 is 0 Å². The molecule has 0 bridgehead atoms. The van der Waals surface area contributed by atoms with Crippen LogP contribution in [0.2, 0.25) is 4.34 Å². The lowest BCUT2D eigenvalue weighted by molar-refractivity contribution is 0.312. The molecule has 1 aromatic carbocycles. The molecule has 1 aliphatic heterocycles. The Morgan fingerprint density at radius 3 is 2.86 bits per heavy atom. The molecule has 0 atom stereocenters. The monoisotopic (exact) mass is 328 g/mol. The van der Waals surface area contributed by atoms with Crippen LogP contribution in [-0.4, -0.2) is 23.1 Å². The molecule has 3 heterocycles. The Labute approximate surface area is 139 Å². The summed E-state index contributed by atoms with van der Waals surface area (Å²) in [6.07, 6.45) is 5.44. The zero-order chi connectivity index (χ0) is 15.1. The molecule has 112 valence electrons. The van der Waals surface area contributed by atoms with E-state index in [0.717, 1.165) is 23.8 Å². The van der Waals surface area contributed by atoms with Crippen LogP contribution >= 0.6 is 22.9 Å². The minimum Gasteiger partial charge on any atom is -0.319 e. The van der Waals surface area contributed by atoms with Crippen molar-refractivity contribution in [3.8, 4) is 0 Å². The number of benzene rings is 1. The number of halogens is 1. The van der Waals surface area contributed by atoms with E-state index in [0.29, 0.717) is 0 Å². The molecular formula is C18H17ClN2S. The lowest BCUT2D eigenvalue weighted by atomic mass is 10.1. The summed E-state index contributed by atoms with van der Waals surface area (Å²) in [5.41, 5.74) is 5.33. The summed E-state index contributed by atoms with van der Waals surface area (Å²) >= 11 is 7.96. The second-order valence-electron chi connectivity index (χ2n) is 5.77. The van der Waals surface area contributed by atoms with E-state index in [1.807, 2.05) is 6.07 Å². The van der Waals surface area contributed by atoms with E-state index >= 15 is 0 Å². The Balaban J connectivity index is 1.84. The minimum atomic E-state index is 0.864. The predicted octanol–water partition coefficient (Wildman–Crippen LogP) is 4.97. The van der Waals surface area contributed by atoms with Crippen molar-refractivity contribution in [2.24, 2.45) is 0 Å². The van der Waals surface area contributed by atoms with Crippen LogP contribution in [0.15, 0.2) is 36.4 Å². The summed E-state index contributed by atoms with van der Waals surface area (Å²) in [7, 11) is 2.18. The topological polar surface area (TPSA) is 8.17 Å². The second-order valence-corrected chi connectivity index (χ2v) is 7.46. The van der Waals surface area contributed by atoms with Crippen molar-refractivity contribution < 1.29 is 0 Å². The van der Waals surface area contributed by atoms with Crippen molar-refractivity contribution in [1.29, 1.82) is 0 Å². The van der Waals surface area contributed by atoms with Crippen LogP contribution < -0.4 is 0 Å². The minimum absolute atomic E-state index is 0.864. The third-order valence-electron chi connectivity index (χ3n) is 4.23. The molecule has 0 N–H and O–H groups in total. The van der Waals surface area contributed by atoms with Gasteiger partial charge in [0.1, 0.15) is 0 Å². The highest BCUT2D eigenvalue weighted by molar-refractivity contribution is 7.22. The van der Waals surface area contributed by atoms with Crippen molar-refractivity contribution >= 4 is 45.4 Å². The van der Waals surface area contributed by atoms with E-state index in [-0.39, 0.29) is 0 Å². The molecule has 2 aromatic heterocycles. The highest BCUT2D eigenvalue weighted by Crippen LogP contribution is 2.38.